The summed E-state index contributed by atoms with van der Waals surface area (Å²) in [5.74, 6) is -1.02. The Bertz CT molecular complexity index is 1450. The van der Waals surface area contributed by atoms with Gasteiger partial charge >= 0.3 is 5.97 Å². The van der Waals surface area contributed by atoms with Crippen LogP contribution in [0.15, 0.2) is 89.5 Å². The number of hydrogen-bond donors (Lipinski definition) is 2. The van der Waals surface area contributed by atoms with Gasteiger partial charge in [-0.15, -0.1) is 0 Å². The van der Waals surface area contributed by atoms with E-state index >= 15 is 0 Å². The predicted molar refractivity (Wildman–Crippen MR) is 142 cm³/mol. The Labute approximate surface area is 224 Å². The van der Waals surface area contributed by atoms with Crippen molar-refractivity contribution < 1.29 is 37.7 Å². The molecule has 1 heterocycles. The first-order valence-electron chi connectivity index (χ1n) is 11.7. The smallest absolute Gasteiger partial charge is 0.341 e. The van der Waals surface area contributed by atoms with E-state index in [1.54, 1.807) is 60.7 Å². The van der Waals surface area contributed by atoms with Crippen LogP contribution in [0.2, 0.25) is 0 Å². The minimum Gasteiger partial charge on any atom is -0.497 e. The van der Waals surface area contributed by atoms with Crippen LogP contribution >= 0.6 is 0 Å². The molecular formula is C29H26N2O8. The molecule has 0 radical (unpaired) electrons. The molecule has 0 aliphatic heterocycles. The molecule has 3 aromatic carbocycles. The van der Waals surface area contributed by atoms with Crippen LogP contribution in [0.1, 0.15) is 32.6 Å². The Morgan fingerprint density at radius 3 is 2.18 bits per heavy atom. The Morgan fingerprint density at radius 2 is 1.51 bits per heavy atom. The number of hydrogen-bond acceptors (Lipinski definition) is 8. The molecule has 10 nitrogen and oxygen atoms in total. The van der Waals surface area contributed by atoms with Crippen molar-refractivity contribution >= 4 is 29.2 Å². The average Bonchev–Trinajstić information content (AvgIpc) is 3.51. The molecular weight excluding hydrogens is 504 g/mol. The van der Waals surface area contributed by atoms with Crippen LogP contribution < -0.4 is 24.8 Å². The van der Waals surface area contributed by atoms with Crippen molar-refractivity contribution in [3.8, 4) is 17.2 Å². The van der Waals surface area contributed by atoms with Crippen molar-refractivity contribution in [2.24, 2.45) is 0 Å². The third-order valence-electron chi connectivity index (χ3n) is 5.64. The summed E-state index contributed by atoms with van der Waals surface area (Å²) < 4.78 is 26.8. The number of furan rings is 1. The number of rotatable bonds is 10. The Kier molecular flexibility index (Phi) is 8.47. The van der Waals surface area contributed by atoms with Crippen LogP contribution in [-0.4, -0.2) is 39.1 Å². The summed E-state index contributed by atoms with van der Waals surface area (Å²) in [5, 5.41) is 5.39. The zero-order valence-electron chi connectivity index (χ0n) is 21.4. The maximum atomic E-state index is 13.5. The van der Waals surface area contributed by atoms with E-state index in [4.69, 9.17) is 23.4 Å². The van der Waals surface area contributed by atoms with Gasteiger partial charge in [0.15, 0.2) is 17.3 Å². The lowest BCUT2D eigenvalue weighted by molar-refractivity contribution is -0.125. The molecule has 10 heteroatoms. The molecule has 0 aliphatic carbocycles. The Hall–Kier alpha value is -5.25. The lowest BCUT2D eigenvalue weighted by Gasteiger charge is -2.20. The fourth-order valence-electron chi connectivity index (χ4n) is 3.72. The number of methoxy groups -OCH3 is 3. The van der Waals surface area contributed by atoms with Gasteiger partial charge in [-0.2, -0.15) is 0 Å². The molecule has 0 saturated heterocycles. The number of esters is 1. The molecule has 0 saturated carbocycles. The van der Waals surface area contributed by atoms with Gasteiger partial charge in [0.05, 0.1) is 38.8 Å². The maximum absolute atomic E-state index is 13.5. The summed E-state index contributed by atoms with van der Waals surface area (Å²) in [5.41, 5.74) is 0.892. The van der Waals surface area contributed by atoms with Gasteiger partial charge in [0.25, 0.3) is 11.8 Å². The predicted octanol–water partition coefficient (Wildman–Crippen LogP) is 5.09. The molecule has 39 heavy (non-hydrogen) atoms. The molecule has 0 bridgehead atoms. The number of carbonyl (C=O) groups is 3. The number of amides is 2. The van der Waals surface area contributed by atoms with E-state index < -0.39 is 23.9 Å². The van der Waals surface area contributed by atoms with Crippen LogP contribution in [0.5, 0.6) is 17.2 Å². The van der Waals surface area contributed by atoms with E-state index in [-0.39, 0.29) is 28.5 Å². The molecule has 1 atom stereocenters. The van der Waals surface area contributed by atoms with E-state index in [2.05, 4.69) is 10.6 Å². The van der Waals surface area contributed by atoms with Crippen molar-refractivity contribution in [1.82, 2.24) is 0 Å². The summed E-state index contributed by atoms with van der Waals surface area (Å²) >= 11 is 0. The zero-order chi connectivity index (χ0) is 27.8. The summed E-state index contributed by atoms with van der Waals surface area (Å²) in [7, 11) is 4.34. The fourth-order valence-corrected chi connectivity index (χ4v) is 3.72. The van der Waals surface area contributed by atoms with Crippen LogP contribution in [-0.2, 0) is 9.53 Å². The summed E-state index contributed by atoms with van der Waals surface area (Å²) in [6, 6.07) is 21.1. The highest BCUT2D eigenvalue weighted by Crippen LogP contribution is 2.35. The first-order chi connectivity index (χ1) is 18.9. The van der Waals surface area contributed by atoms with Crippen LogP contribution in [0, 0.1) is 0 Å². The fraction of sp³-hybridized carbons (Fsp3) is 0.138. The molecule has 1 aromatic heterocycles. The van der Waals surface area contributed by atoms with Crippen molar-refractivity contribution in [3.05, 3.63) is 102 Å². The van der Waals surface area contributed by atoms with Gasteiger partial charge < -0.3 is 34.0 Å². The number of carbonyl (C=O) groups excluding carboxylic acids is 3. The lowest BCUT2D eigenvalue weighted by atomic mass is 10.1. The second-order valence-corrected chi connectivity index (χ2v) is 8.10. The summed E-state index contributed by atoms with van der Waals surface area (Å²) in [4.78, 5) is 39.6. The van der Waals surface area contributed by atoms with Gasteiger partial charge in [-0.25, -0.2) is 4.79 Å². The second-order valence-electron chi connectivity index (χ2n) is 8.10. The summed E-state index contributed by atoms with van der Waals surface area (Å²) in [6.45, 7) is 0. The monoisotopic (exact) mass is 530 g/mol. The highest BCUT2D eigenvalue weighted by atomic mass is 16.5. The SMILES string of the molecule is COc1cccc(NC(=O)[C@H](OC(=O)c2cc(OC)c(OC)cc2NC(=O)c2ccco2)c2ccccc2)c1. The van der Waals surface area contributed by atoms with Crippen molar-refractivity contribution in [2.75, 3.05) is 32.0 Å². The van der Waals surface area contributed by atoms with E-state index in [1.165, 1.54) is 45.8 Å². The van der Waals surface area contributed by atoms with Crippen LogP contribution in [0.3, 0.4) is 0 Å². The summed E-state index contributed by atoms with van der Waals surface area (Å²) in [6.07, 6.45) is 0.0241. The minimum absolute atomic E-state index is 0.0314. The lowest BCUT2D eigenvalue weighted by Crippen LogP contribution is -2.26. The molecule has 200 valence electrons. The highest BCUT2D eigenvalue weighted by molar-refractivity contribution is 6.08. The van der Waals surface area contributed by atoms with Crippen LogP contribution in [0.4, 0.5) is 11.4 Å². The molecule has 0 unspecified atom stereocenters. The molecule has 0 spiro atoms. The van der Waals surface area contributed by atoms with E-state index in [1.807, 2.05) is 0 Å². The van der Waals surface area contributed by atoms with Gasteiger partial charge in [-0.05, 0) is 24.3 Å². The van der Waals surface area contributed by atoms with Gasteiger partial charge in [0, 0.05) is 29.4 Å². The number of anilines is 2. The van der Waals surface area contributed by atoms with E-state index in [9.17, 15) is 14.4 Å². The van der Waals surface area contributed by atoms with Gasteiger partial charge in [-0.1, -0.05) is 36.4 Å². The molecule has 0 aliphatic rings. The standard InChI is InChI=1S/C29H26N2O8/c1-35-20-12-7-11-19(15-20)30-28(33)26(18-9-5-4-6-10-18)39-29(34)21-16-24(36-2)25(37-3)17-22(21)31-27(32)23-13-8-14-38-23/h4-17,26H,1-3H3,(H,30,33)(H,31,32)/t26-/m1/s1. The number of benzene rings is 3. The molecule has 2 amide bonds. The largest absolute Gasteiger partial charge is 0.497 e. The quantitative estimate of drug-likeness (QED) is 0.272. The molecule has 4 rings (SSSR count). The van der Waals surface area contributed by atoms with Gasteiger partial charge in [-0.3, -0.25) is 9.59 Å². The minimum atomic E-state index is -1.33. The molecule has 0 fully saturated rings. The Balaban J connectivity index is 1.67. The third kappa shape index (κ3) is 6.37. The van der Waals surface area contributed by atoms with Crippen molar-refractivity contribution in [2.45, 2.75) is 6.10 Å². The average molecular weight is 531 g/mol. The maximum Gasteiger partial charge on any atom is 0.341 e. The number of nitrogens with one attached hydrogen (secondary N) is 2. The Morgan fingerprint density at radius 1 is 0.769 bits per heavy atom. The van der Waals surface area contributed by atoms with Crippen molar-refractivity contribution in [1.29, 1.82) is 0 Å². The number of ether oxygens (including phenoxy) is 4. The van der Waals surface area contributed by atoms with E-state index in [0.29, 0.717) is 17.0 Å². The first-order valence-corrected chi connectivity index (χ1v) is 11.7. The topological polar surface area (TPSA) is 125 Å². The third-order valence-corrected chi connectivity index (χ3v) is 5.64. The first kappa shape index (κ1) is 26.8. The van der Waals surface area contributed by atoms with Gasteiger partial charge in [0.2, 0.25) is 6.10 Å². The van der Waals surface area contributed by atoms with Gasteiger partial charge in [0.1, 0.15) is 5.75 Å². The molecule has 2 N–H and O–H groups in total. The second kappa shape index (κ2) is 12.3. The zero-order valence-corrected chi connectivity index (χ0v) is 21.4. The highest BCUT2D eigenvalue weighted by Gasteiger charge is 2.29. The van der Waals surface area contributed by atoms with Crippen LogP contribution in [0.25, 0.3) is 0 Å². The van der Waals surface area contributed by atoms with E-state index in [0.717, 1.165) is 0 Å². The normalized spacial score (nSPS) is 11.2. The molecule has 4 aromatic rings. The van der Waals surface area contributed by atoms with Crippen molar-refractivity contribution in [3.63, 3.8) is 0 Å².